The summed E-state index contributed by atoms with van der Waals surface area (Å²) in [5.41, 5.74) is 1.20. The Kier molecular flexibility index (Phi) is 3.98. The van der Waals surface area contributed by atoms with E-state index >= 15 is 0 Å². The third kappa shape index (κ3) is 2.64. The zero-order chi connectivity index (χ0) is 11.5. The van der Waals surface area contributed by atoms with Crippen molar-refractivity contribution in [1.82, 2.24) is 10.3 Å². The Morgan fingerprint density at radius 2 is 2.31 bits per heavy atom. The number of nitrogens with one attached hydrogen (secondary N) is 1. The maximum absolute atomic E-state index is 4.49. The van der Waals surface area contributed by atoms with E-state index < -0.39 is 0 Å². The molecule has 0 aliphatic heterocycles. The van der Waals surface area contributed by atoms with Gasteiger partial charge in [0, 0.05) is 18.0 Å². The van der Waals surface area contributed by atoms with Crippen molar-refractivity contribution < 1.29 is 0 Å². The fourth-order valence-corrected chi connectivity index (χ4v) is 3.45. The van der Waals surface area contributed by atoms with Crippen LogP contribution in [0.2, 0.25) is 0 Å². The van der Waals surface area contributed by atoms with Crippen LogP contribution in [0.4, 0.5) is 0 Å². The van der Waals surface area contributed by atoms with E-state index in [1.807, 2.05) is 0 Å². The fourth-order valence-electron chi connectivity index (χ4n) is 2.84. The maximum Gasteiger partial charge on any atom is 0.0897 e. The summed E-state index contributed by atoms with van der Waals surface area (Å²) in [5, 5.41) is 7.00. The molecule has 0 spiro atoms. The van der Waals surface area contributed by atoms with Gasteiger partial charge in [-0.15, -0.1) is 11.3 Å². The highest BCUT2D eigenvalue weighted by atomic mass is 32.1. The van der Waals surface area contributed by atoms with Gasteiger partial charge >= 0.3 is 0 Å². The Labute approximate surface area is 102 Å². The minimum atomic E-state index is 0.701. The second-order valence-electron chi connectivity index (χ2n) is 4.95. The number of aromatic nitrogens is 1. The van der Waals surface area contributed by atoms with Crippen LogP contribution in [-0.4, -0.2) is 11.0 Å². The average molecular weight is 238 g/mol. The Morgan fingerprint density at radius 1 is 1.50 bits per heavy atom. The molecule has 0 bridgehead atoms. The second-order valence-corrected chi connectivity index (χ2v) is 6.01. The summed E-state index contributed by atoms with van der Waals surface area (Å²) in [6.07, 6.45) is 4.06. The topological polar surface area (TPSA) is 24.9 Å². The third-order valence-corrected chi connectivity index (χ3v) is 4.79. The second kappa shape index (κ2) is 5.28. The van der Waals surface area contributed by atoms with Gasteiger partial charge in [0.05, 0.1) is 10.7 Å². The molecule has 2 nitrogen and oxygen atoms in total. The van der Waals surface area contributed by atoms with Crippen LogP contribution in [0.3, 0.4) is 0 Å². The molecule has 0 amide bonds. The minimum Gasteiger partial charge on any atom is -0.308 e. The van der Waals surface area contributed by atoms with Gasteiger partial charge in [0.25, 0.3) is 0 Å². The Hall–Kier alpha value is -0.410. The number of hydrogen-bond acceptors (Lipinski definition) is 3. The van der Waals surface area contributed by atoms with Crippen molar-refractivity contribution in [3.63, 3.8) is 0 Å². The predicted molar refractivity (Wildman–Crippen MR) is 69.7 cm³/mol. The first-order valence-corrected chi connectivity index (χ1v) is 7.23. The zero-order valence-corrected chi connectivity index (χ0v) is 11.3. The lowest BCUT2D eigenvalue weighted by atomic mass is 9.93. The van der Waals surface area contributed by atoms with E-state index in [1.54, 1.807) is 11.3 Å². The summed E-state index contributed by atoms with van der Waals surface area (Å²) in [7, 11) is 0. The Balaban J connectivity index is 1.83. The van der Waals surface area contributed by atoms with Gasteiger partial charge in [-0.3, -0.25) is 0 Å². The lowest BCUT2D eigenvalue weighted by Crippen LogP contribution is -2.32. The number of nitrogens with zero attached hydrogens (tertiary/aromatic N) is 1. The van der Waals surface area contributed by atoms with E-state index in [0.29, 0.717) is 6.04 Å². The standard InChI is InChI=1S/C13H22N2S/c1-4-11-5-6-13(9(11)2)14-7-12-8-16-10(3)15-12/h8-9,11,13-14H,4-7H2,1-3H3. The molecule has 3 atom stereocenters. The highest BCUT2D eigenvalue weighted by Crippen LogP contribution is 2.33. The van der Waals surface area contributed by atoms with Gasteiger partial charge in [0.15, 0.2) is 0 Å². The van der Waals surface area contributed by atoms with Gasteiger partial charge in [0.2, 0.25) is 0 Å². The molecular weight excluding hydrogens is 216 g/mol. The number of hydrogen-bond donors (Lipinski definition) is 1. The Bertz CT molecular complexity index is 334. The van der Waals surface area contributed by atoms with Gasteiger partial charge in [-0.2, -0.15) is 0 Å². The molecule has 3 unspecified atom stereocenters. The average Bonchev–Trinajstić information content (AvgIpc) is 2.83. The van der Waals surface area contributed by atoms with Crippen LogP contribution in [-0.2, 0) is 6.54 Å². The van der Waals surface area contributed by atoms with E-state index in [1.165, 1.54) is 30.0 Å². The minimum absolute atomic E-state index is 0.701. The van der Waals surface area contributed by atoms with E-state index in [4.69, 9.17) is 0 Å². The van der Waals surface area contributed by atoms with Crippen LogP contribution in [0.5, 0.6) is 0 Å². The molecule has 3 heteroatoms. The fraction of sp³-hybridized carbons (Fsp3) is 0.769. The number of rotatable bonds is 4. The molecule has 1 aromatic rings. The summed E-state index contributed by atoms with van der Waals surface area (Å²) in [4.78, 5) is 4.49. The van der Waals surface area contributed by atoms with Crippen molar-refractivity contribution in [3.8, 4) is 0 Å². The molecule has 1 heterocycles. The van der Waals surface area contributed by atoms with Crippen molar-refractivity contribution >= 4 is 11.3 Å². The molecule has 1 aromatic heterocycles. The lowest BCUT2D eigenvalue weighted by Gasteiger charge is -2.20. The molecule has 1 N–H and O–H groups in total. The van der Waals surface area contributed by atoms with Crippen LogP contribution in [0, 0.1) is 18.8 Å². The van der Waals surface area contributed by atoms with E-state index in [0.717, 1.165) is 18.4 Å². The number of aryl methyl sites for hydroxylation is 1. The first-order chi connectivity index (χ1) is 7.70. The highest BCUT2D eigenvalue weighted by molar-refractivity contribution is 7.09. The molecule has 2 rings (SSSR count). The summed E-state index contributed by atoms with van der Waals surface area (Å²) in [5.74, 6) is 1.75. The van der Waals surface area contributed by atoms with E-state index in [2.05, 4.69) is 36.5 Å². The Morgan fingerprint density at radius 3 is 2.88 bits per heavy atom. The van der Waals surface area contributed by atoms with Crippen LogP contribution in [0.15, 0.2) is 5.38 Å². The summed E-state index contributed by atoms with van der Waals surface area (Å²) in [6.45, 7) is 7.72. The molecule has 16 heavy (non-hydrogen) atoms. The van der Waals surface area contributed by atoms with E-state index in [9.17, 15) is 0 Å². The van der Waals surface area contributed by atoms with Gasteiger partial charge in [-0.05, 0) is 31.6 Å². The molecular formula is C13H22N2S. The van der Waals surface area contributed by atoms with Crippen molar-refractivity contribution in [2.45, 2.75) is 52.6 Å². The van der Waals surface area contributed by atoms with Crippen LogP contribution in [0.25, 0.3) is 0 Å². The molecule has 1 saturated carbocycles. The van der Waals surface area contributed by atoms with Gasteiger partial charge in [0.1, 0.15) is 0 Å². The largest absolute Gasteiger partial charge is 0.308 e. The molecule has 0 radical (unpaired) electrons. The van der Waals surface area contributed by atoms with Crippen LogP contribution >= 0.6 is 11.3 Å². The third-order valence-electron chi connectivity index (χ3n) is 3.96. The molecule has 90 valence electrons. The van der Waals surface area contributed by atoms with Crippen molar-refractivity contribution in [1.29, 1.82) is 0 Å². The summed E-state index contributed by atoms with van der Waals surface area (Å²) < 4.78 is 0. The molecule has 0 saturated heterocycles. The van der Waals surface area contributed by atoms with Crippen molar-refractivity contribution in [2.75, 3.05) is 0 Å². The maximum atomic E-state index is 4.49. The first-order valence-electron chi connectivity index (χ1n) is 6.35. The smallest absolute Gasteiger partial charge is 0.0897 e. The summed E-state index contributed by atoms with van der Waals surface area (Å²) >= 11 is 1.74. The molecule has 0 aromatic carbocycles. The predicted octanol–water partition coefficient (Wildman–Crippen LogP) is 3.37. The molecule has 1 aliphatic carbocycles. The normalized spacial score (nSPS) is 29.8. The lowest BCUT2D eigenvalue weighted by molar-refractivity contribution is 0.343. The monoisotopic (exact) mass is 238 g/mol. The van der Waals surface area contributed by atoms with Crippen molar-refractivity contribution in [3.05, 3.63) is 16.1 Å². The highest BCUT2D eigenvalue weighted by Gasteiger charge is 2.30. The SMILES string of the molecule is CCC1CCC(NCc2csc(C)n2)C1C. The van der Waals surface area contributed by atoms with Crippen LogP contribution in [0.1, 0.15) is 43.8 Å². The van der Waals surface area contributed by atoms with Crippen LogP contribution < -0.4 is 5.32 Å². The molecule has 1 aliphatic rings. The summed E-state index contributed by atoms with van der Waals surface area (Å²) in [6, 6.07) is 0.701. The molecule has 1 fully saturated rings. The number of thiazole rings is 1. The van der Waals surface area contributed by atoms with Gasteiger partial charge in [-0.25, -0.2) is 4.98 Å². The van der Waals surface area contributed by atoms with Crippen molar-refractivity contribution in [2.24, 2.45) is 11.8 Å². The van der Waals surface area contributed by atoms with Gasteiger partial charge < -0.3 is 5.32 Å². The zero-order valence-electron chi connectivity index (χ0n) is 10.5. The first kappa shape index (κ1) is 12.1. The van der Waals surface area contributed by atoms with Gasteiger partial charge in [-0.1, -0.05) is 20.3 Å². The van der Waals surface area contributed by atoms with E-state index in [-0.39, 0.29) is 0 Å². The quantitative estimate of drug-likeness (QED) is 0.870.